The maximum Gasteiger partial charge on any atom is 0.224 e. The van der Waals surface area contributed by atoms with E-state index in [9.17, 15) is 13.9 Å². The van der Waals surface area contributed by atoms with Crippen LogP contribution in [0, 0.1) is 17.0 Å². The van der Waals surface area contributed by atoms with Crippen LogP contribution < -0.4 is 21.6 Å². The van der Waals surface area contributed by atoms with E-state index in [0.29, 0.717) is 5.69 Å². The fourth-order valence-corrected chi connectivity index (χ4v) is 2.94. The highest BCUT2D eigenvalue weighted by molar-refractivity contribution is 6.12. The maximum atomic E-state index is 14.5. The number of azide groups is 1. The van der Waals surface area contributed by atoms with Gasteiger partial charge in [-0.3, -0.25) is 5.41 Å². The van der Waals surface area contributed by atoms with Crippen LogP contribution in [0.25, 0.3) is 10.4 Å². The highest BCUT2D eigenvalue weighted by Gasteiger charge is 2.19. The highest BCUT2D eigenvalue weighted by atomic mass is 19.1. The molecule has 0 fully saturated rings. The Kier molecular flexibility index (Phi) is 7.87. The van der Waals surface area contributed by atoms with Gasteiger partial charge >= 0.3 is 0 Å². The fourth-order valence-electron chi connectivity index (χ4n) is 2.94. The number of ether oxygens (including phenoxy) is 1. The molecular weight excluding hydrogens is 464 g/mol. The maximum absolute atomic E-state index is 14.5. The van der Waals surface area contributed by atoms with Gasteiger partial charge in [0.15, 0.2) is 11.6 Å². The Morgan fingerprint density at radius 3 is 2.63 bits per heavy atom. The summed E-state index contributed by atoms with van der Waals surface area (Å²) in [6.07, 6.45) is 0. The third-order valence-electron chi connectivity index (χ3n) is 4.56. The van der Waals surface area contributed by atoms with Crippen molar-refractivity contribution in [2.75, 3.05) is 24.2 Å². The third kappa shape index (κ3) is 5.85. The molecule has 2 aromatic carbocycles. The number of hydrogen-bond donors (Lipinski definition) is 5. The molecule has 15 heteroatoms. The number of nitrogens with zero attached hydrogens (tertiary/aromatic N) is 7. The van der Waals surface area contributed by atoms with Gasteiger partial charge in [-0.2, -0.15) is 0 Å². The second-order valence-electron chi connectivity index (χ2n) is 6.76. The number of nitrogens with one attached hydrogen (secondary N) is 2. The SMILES string of the molecule is [N-]=[N+]=NCCOc1cc(F)c(CNc2ccccc2C(=N)c2nc(N)c(O)c(N=NN)n2)c(F)c1. The van der Waals surface area contributed by atoms with Crippen LogP contribution in [-0.4, -0.2) is 33.9 Å². The largest absolute Gasteiger partial charge is 0.502 e. The molecular formula is C20H19F2N11O2. The van der Waals surface area contributed by atoms with E-state index in [1.807, 2.05) is 0 Å². The Balaban J connectivity index is 1.82. The number of aromatic hydroxyl groups is 1. The van der Waals surface area contributed by atoms with Crippen molar-refractivity contribution < 1.29 is 18.6 Å². The van der Waals surface area contributed by atoms with Crippen molar-refractivity contribution in [2.45, 2.75) is 6.54 Å². The zero-order valence-electron chi connectivity index (χ0n) is 18.0. The molecule has 0 atom stereocenters. The number of nitrogens with two attached hydrogens (primary N) is 2. The number of rotatable bonds is 10. The number of anilines is 2. The summed E-state index contributed by atoms with van der Waals surface area (Å²) in [6, 6.07) is 8.50. The molecule has 0 amide bonds. The number of hydrogen-bond acceptors (Lipinski definition) is 10. The predicted molar refractivity (Wildman–Crippen MR) is 122 cm³/mol. The molecule has 0 saturated carbocycles. The van der Waals surface area contributed by atoms with E-state index in [2.05, 4.69) is 35.6 Å². The van der Waals surface area contributed by atoms with Crippen LogP contribution in [0.15, 0.2) is 51.8 Å². The first-order chi connectivity index (χ1) is 16.8. The number of benzene rings is 2. The number of para-hydroxylation sites is 1. The van der Waals surface area contributed by atoms with Crippen LogP contribution in [0.4, 0.5) is 26.1 Å². The van der Waals surface area contributed by atoms with E-state index in [1.54, 1.807) is 24.3 Å². The predicted octanol–water partition coefficient (Wildman–Crippen LogP) is 3.72. The number of aromatic nitrogens is 2. The summed E-state index contributed by atoms with van der Waals surface area (Å²) in [6.45, 7) is -0.279. The lowest BCUT2D eigenvalue weighted by atomic mass is 10.1. The number of nitrogen functional groups attached to an aromatic ring is 1. The summed E-state index contributed by atoms with van der Waals surface area (Å²) in [7, 11) is 0. The lowest BCUT2D eigenvalue weighted by Crippen LogP contribution is -2.13. The highest BCUT2D eigenvalue weighted by Crippen LogP contribution is 2.30. The van der Waals surface area contributed by atoms with Gasteiger partial charge in [-0.05, 0) is 11.6 Å². The Labute approximate surface area is 196 Å². The minimum Gasteiger partial charge on any atom is -0.502 e. The number of halogens is 2. The molecule has 0 aliphatic heterocycles. The van der Waals surface area contributed by atoms with E-state index < -0.39 is 17.4 Å². The average Bonchev–Trinajstić information content (AvgIpc) is 2.84. The van der Waals surface area contributed by atoms with E-state index >= 15 is 0 Å². The Morgan fingerprint density at radius 1 is 1.23 bits per heavy atom. The monoisotopic (exact) mass is 483 g/mol. The van der Waals surface area contributed by atoms with Gasteiger partial charge in [-0.15, -0.1) is 5.11 Å². The summed E-state index contributed by atoms with van der Waals surface area (Å²) < 4.78 is 34.3. The van der Waals surface area contributed by atoms with Gasteiger partial charge in [-0.25, -0.2) is 18.7 Å². The first-order valence-electron chi connectivity index (χ1n) is 9.86. The van der Waals surface area contributed by atoms with Crippen molar-refractivity contribution in [1.29, 1.82) is 5.41 Å². The molecule has 35 heavy (non-hydrogen) atoms. The van der Waals surface area contributed by atoms with Crippen LogP contribution in [0.2, 0.25) is 0 Å². The van der Waals surface area contributed by atoms with Crippen LogP contribution in [0.5, 0.6) is 11.5 Å². The Hall–Kier alpha value is -5.04. The molecule has 1 aromatic heterocycles. The van der Waals surface area contributed by atoms with Gasteiger partial charge in [0.25, 0.3) is 0 Å². The Bertz CT molecular complexity index is 1300. The average molecular weight is 483 g/mol. The minimum absolute atomic E-state index is 0.0127. The van der Waals surface area contributed by atoms with Crippen molar-refractivity contribution in [3.63, 3.8) is 0 Å². The molecule has 0 radical (unpaired) electrons. The van der Waals surface area contributed by atoms with Crippen LogP contribution >= 0.6 is 0 Å². The zero-order chi connectivity index (χ0) is 25.4. The van der Waals surface area contributed by atoms with E-state index in [0.717, 1.165) is 12.1 Å². The summed E-state index contributed by atoms with van der Waals surface area (Å²) in [4.78, 5) is 10.4. The van der Waals surface area contributed by atoms with Crippen LogP contribution in [0.1, 0.15) is 17.0 Å². The Morgan fingerprint density at radius 2 is 1.94 bits per heavy atom. The molecule has 0 spiro atoms. The molecule has 0 aliphatic carbocycles. The van der Waals surface area contributed by atoms with Gasteiger partial charge < -0.3 is 26.7 Å². The first-order valence-corrected chi connectivity index (χ1v) is 9.86. The lowest BCUT2D eigenvalue weighted by Gasteiger charge is -2.14. The summed E-state index contributed by atoms with van der Waals surface area (Å²) in [5.41, 5.74) is 14.1. The molecule has 180 valence electrons. The van der Waals surface area contributed by atoms with Crippen LogP contribution in [0.3, 0.4) is 0 Å². The van der Waals surface area contributed by atoms with Crippen molar-refractivity contribution in [1.82, 2.24) is 9.97 Å². The van der Waals surface area contributed by atoms with Gasteiger partial charge in [-0.1, -0.05) is 28.5 Å². The summed E-state index contributed by atoms with van der Waals surface area (Å²) in [5.74, 6) is 1.86. The van der Waals surface area contributed by atoms with Crippen molar-refractivity contribution >= 4 is 23.0 Å². The molecule has 0 bridgehead atoms. The van der Waals surface area contributed by atoms with Gasteiger partial charge in [0.1, 0.15) is 23.1 Å². The quantitative estimate of drug-likeness (QED) is 0.0547. The van der Waals surface area contributed by atoms with Gasteiger partial charge in [0, 0.05) is 40.4 Å². The van der Waals surface area contributed by atoms with E-state index in [-0.39, 0.29) is 59.7 Å². The second-order valence-corrected chi connectivity index (χ2v) is 6.76. The normalized spacial score (nSPS) is 10.7. The topological polar surface area (TPSA) is 217 Å². The third-order valence-corrected chi connectivity index (χ3v) is 4.56. The fraction of sp³-hybridized carbons (Fsp3) is 0.150. The van der Waals surface area contributed by atoms with Crippen molar-refractivity contribution in [3.05, 3.63) is 75.4 Å². The van der Waals surface area contributed by atoms with Crippen molar-refractivity contribution in [2.24, 2.45) is 21.3 Å². The van der Waals surface area contributed by atoms with E-state index in [4.69, 9.17) is 27.3 Å². The second kappa shape index (κ2) is 11.2. The molecule has 3 rings (SSSR count). The molecule has 13 nitrogen and oxygen atoms in total. The minimum atomic E-state index is -0.852. The molecule has 7 N–H and O–H groups in total. The standard InChI is InChI=1S/C20H19F2N11O2/c21-13-7-10(35-6-5-28-32-25)8-14(22)12(13)9-27-15-4-2-1-3-11(15)16(23)19-29-18(24)17(34)20(30-19)31-33-26/h1-4,7-8,23,27,34H,5-6,9H2,(H4,24,26,29,30,31). The van der Waals surface area contributed by atoms with Crippen molar-refractivity contribution in [3.8, 4) is 11.5 Å². The molecule has 0 aliphatic rings. The molecule has 0 saturated heterocycles. The lowest BCUT2D eigenvalue weighted by molar-refractivity contribution is 0.323. The first kappa shape index (κ1) is 24.6. The smallest absolute Gasteiger partial charge is 0.224 e. The molecule has 0 unspecified atom stereocenters. The molecule has 3 aromatic rings. The van der Waals surface area contributed by atoms with Crippen LogP contribution in [-0.2, 0) is 6.54 Å². The van der Waals surface area contributed by atoms with Gasteiger partial charge in [0.05, 0.1) is 13.2 Å². The van der Waals surface area contributed by atoms with Gasteiger partial charge in [0.2, 0.25) is 11.6 Å². The summed E-state index contributed by atoms with van der Waals surface area (Å²) >= 11 is 0. The van der Waals surface area contributed by atoms with E-state index in [1.165, 1.54) is 0 Å². The summed E-state index contributed by atoms with van der Waals surface area (Å²) in [5, 5.41) is 31.0. The zero-order valence-corrected chi connectivity index (χ0v) is 18.0. The molecule has 1 heterocycles.